The number of nitrogens with zero attached hydrogens (tertiary/aromatic N) is 1. The van der Waals surface area contributed by atoms with E-state index in [0.29, 0.717) is 23.7 Å². The topological polar surface area (TPSA) is 66.8 Å². The molecule has 1 amide bonds. The number of ether oxygens (including phenoxy) is 1. The van der Waals surface area contributed by atoms with Crippen LogP contribution in [-0.4, -0.2) is 38.9 Å². The lowest BCUT2D eigenvalue weighted by Crippen LogP contribution is -2.47. The van der Waals surface area contributed by atoms with Crippen LogP contribution in [0.3, 0.4) is 0 Å². The van der Waals surface area contributed by atoms with Crippen molar-refractivity contribution in [3.63, 3.8) is 0 Å². The zero-order chi connectivity index (χ0) is 19.3. The summed E-state index contributed by atoms with van der Waals surface area (Å²) in [5, 5.41) is 9.58. The Kier molecular flexibility index (Phi) is 6.99. The second-order valence-electron chi connectivity index (χ2n) is 5.86. The Morgan fingerprint density at radius 3 is 2.77 bits per heavy atom. The van der Waals surface area contributed by atoms with E-state index >= 15 is 0 Å². The summed E-state index contributed by atoms with van der Waals surface area (Å²) >= 11 is 6.41. The van der Waals surface area contributed by atoms with E-state index in [1.165, 1.54) is 4.90 Å². The van der Waals surface area contributed by atoms with Crippen LogP contribution >= 0.6 is 24.0 Å². The van der Waals surface area contributed by atoms with Crippen molar-refractivity contribution in [3.05, 3.63) is 47.4 Å². The highest BCUT2D eigenvalue weighted by Gasteiger charge is 2.42. The van der Waals surface area contributed by atoms with E-state index in [2.05, 4.69) is 6.58 Å². The second kappa shape index (κ2) is 9.00. The highest BCUT2D eigenvalue weighted by molar-refractivity contribution is 8.26. The molecule has 0 radical (unpaired) electrons. The molecule has 1 aliphatic rings. The number of carboxylic acid groups (broad SMARTS) is 1. The number of para-hydroxylation sites is 1. The number of carboxylic acids is 1. The smallest absolute Gasteiger partial charge is 0.327 e. The Morgan fingerprint density at radius 2 is 2.15 bits per heavy atom. The average molecular weight is 392 g/mol. The molecule has 1 aromatic carbocycles. The maximum Gasteiger partial charge on any atom is 0.327 e. The molecule has 0 spiro atoms. The maximum atomic E-state index is 12.8. The summed E-state index contributed by atoms with van der Waals surface area (Å²) in [6.07, 6.45) is 3.96. The van der Waals surface area contributed by atoms with Crippen LogP contribution in [0, 0.1) is 5.92 Å². The van der Waals surface area contributed by atoms with E-state index in [1.54, 1.807) is 25.1 Å². The number of benzene rings is 1. The predicted octanol–water partition coefficient (Wildman–Crippen LogP) is 3.95. The van der Waals surface area contributed by atoms with Crippen LogP contribution in [0.1, 0.15) is 25.8 Å². The SMILES string of the molecule is C=CCOc1ccccc1/C=C1\SC(=S)N([C@H](C(=O)O)[C@H](C)CC)C1=O. The van der Waals surface area contributed by atoms with E-state index in [4.69, 9.17) is 17.0 Å². The van der Waals surface area contributed by atoms with Crippen LogP contribution in [0.5, 0.6) is 5.75 Å². The first-order valence-electron chi connectivity index (χ1n) is 8.23. The third-order valence-corrected chi connectivity index (χ3v) is 5.43. The quantitative estimate of drug-likeness (QED) is 0.411. The van der Waals surface area contributed by atoms with Gasteiger partial charge < -0.3 is 9.84 Å². The Hall–Kier alpha value is -2.12. The monoisotopic (exact) mass is 391 g/mol. The number of carbonyl (C=O) groups is 2. The van der Waals surface area contributed by atoms with E-state index < -0.39 is 12.0 Å². The van der Waals surface area contributed by atoms with Crippen LogP contribution in [0.25, 0.3) is 6.08 Å². The molecule has 2 atom stereocenters. The summed E-state index contributed by atoms with van der Waals surface area (Å²) in [6.45, 7) is 7.67. The van der Waals surface area contributed by atoms with Gasteiger partial charge >= 0.3 is 5.97 Å². The van der Waals surface area contributed by atoms with Gasteiger partial charge in [-0.15, -0.1) is 0 Å². The lowest BCUT2D eigenvalue weighted by atomic mass is 9.98. The summed E-state index contributed by atoms with van der Waals surface area (Å²) in [6, 6.07) is 6.34. The predicted molar refractivity (Wildman–Crippen MR) is 108 cm³/mol. The first-order valence-corrected chi connectivity index (χ1v) is 9.45. The zero-order valence-corrected chi connectivity index (χ0v) is 16.3. The van der Waals surface area contributed by atoms with Crippen molar-refractivity contribution in [3.8, 4) is 5.75 Å². The molecule has 0 aromatic heterocycles. The number of carbonyl (C=O) groups excluding carboxylic acids is 1. The highest BCUT2D eigenvalue weighted by Crippen LogP contribution is 2.37. The lowest BCUT2D eigenvalue weighted by molar-refractivity contribution is -0.147. The minimum atomic E-state index is -1.05. The number of thiocarbonyl (C=S) groups is 1. The first-order chi connectivity index (χ1) is 12.4. The van der Waals surface area contributed by atoms with Crippen LogP contribution in [-0.2, 0) is 9.59 Å². The van der Waals surface area contributed by atoms with Gasteiger partial charge in [-0.05, 0) is 18.1 Å². The molecule has 1 aliphatic heterocycles. The fourth-order valence-corrected chi connectivity index (χ4v) is 3.89. The molecular formula is C19H21NO4S2. The van der Waals surface area contributed by atoms with Crippen molar-refractivity contribution in [2.24, 2.45) is 5.92 Å². The van der Waals surface area contributed by atoms with Gasteiger partial charge in [-0.3, -0.25) is 9.69 Å². The maximum absolute atomic E-state index is 12.8. The summed E-state index contributed by atoms with van der Waals surface area (Å²) in [5.74, 6) is -1.02. The fourth-order valence-electron chi connectivity index (χ4n) is 2.57. The number of hydrogen-bond acceptors (Lipinski definition) is 5. The third kappa shape index (κ3) is 4.34. The van der Waals surface area contributed by atoms with Gasteiger partial charge in [0, 0.05) is 5.56 Å². The lowest BCUT2D eigenvalue weighted by Gasteiger charge is -2.27. The molecule has 5 nitrogen and oxygen atoms in total. The number of rotatable bonds is 8. The molecule has 1 aromatic rings. The van der Waals surface area contributed by atoms with Gasteiger partial charge in [0.2, 0.25) is 0 Å². The van der Waals surface area contributed by atoms with Crippen molar-refractivity contribution in [1.82, 2.24) is 4.90 Å². The van der Waals surface area contributed by atoms with E-state index in [9.17, 15) is 14.7 Å². The normalized spacial score (nSPS) is 18.1. The Balaban J connectivity index is 2.35. The molecule has 1 saturated heterocycles. The van der Waals surface area contributed by atoms with Gasteiger partial charge in [-0.25, -0.2) is 4.79 Å². The van der Waals surface area contributed by atoms with Gasteiger partial charge in [0.1, 0.15) is 22.7 Å². The van der Waals surface area contributed by atoms with Crippen molar-refractivity contribution in [2.75, 3.05) is 6.61 Å². The first kappa shape index (κ1) is 20.2. The fraction of sp³-hybridized carbons (Fsp3) is 0.316. The van der Waals surface area contributed by atoms with Crippen molar-refractivity contribution in [1.29, 1.82) is 0 Å². The van der Waals surface area contributed by atoms with Gasteiger partial charge in [0.25, 0.3) is 5.91 Å². The molecule has 0 aliphatic carbocycles. The molecule has 0 bridgehead atoms. The molecular weight excluding hydrogens is 370 g/mol. The molecule has 7 heteroatoms. The van der Waals surface area contributed by atoms with Crippen LogP contribution in [0.2, 0.25) is 0 Å². The second-order valence-corrected chi connectivity index (χ2v) is 7.53. The van der Waals surface area contributed by atoms with Crippen LogP contribution in [0.4, 0.5) is 0 Å². The highest BCUT2D eigenvalue weighted by atomic mass is 32.2. The van der Waals surface area contributed by atoms with Crippen molar-refractivity contribution < 1.29 is 19.4 Å². The molecule has 0 unspecified atom stereocenters. The van der Waals surface area contributed by atoms with E-state index in [0.717, 1.165) is 17.3 Å². The molecule has 1 heterocycles. The van der Waals surface area contributed by atoms with Gasteiger partial charge in [-0.2, -0.15) is 0 Å². The van der Waals surface area contributed by atoms with E-state index in [-0.39, 0.29) is 16.1 Å². The Labute approximate surface area is 162 Å². The molecule has 1 N–H and O–H groups in total. The molecule has 0 saturated carbocycles. The van der Waals surface area contributed by atoms with Gasteiger partial charge in [-0.1, -0.05) is 75.1 Å². The number of hydrogen-bond donors (Lipinski definition) is 1. The average Bonchev–Trinajstić information content (AvgIpc) is 2.88. The van der Waals surface area contributed by atoms with Crippen LogP contribution < -0.4 is 4.74 Å². The van der Waals surface area contributed by atoms with Crippen molar-refractivity contribution >= 4 is 46.3 Å². The molecule has 2 rings (SSSR count). The summed E-state index contributed by atoms with van der Waals surface area (Å²) in [5.41, 5.74) is 0.727. The summed E-state index contributed by atoms with van der Waals surface area (Å²) in [7, 11) is 0. The largest absolute Gasteiger partial charge is 0.489 e. The summed E-state index contributed by atoms with van der Waals surface area (Å²) < 4.78 is 5.87. The minimum absolute atomic E-state index is 0.211. The third-order valence-electron chi connectivity index (χ3n) is 4.10. The Morgan fingerprint density at radius 1 is 1.46 bits per heavy atom. The molecule has 1 fully saturated rings. The van der Waals surface area contributed by atoms with E-state index in [1.807, 2.05) is 25.1 Å². The van der Waals surface area contributed by atoms with Crippen molar-refractivity contribution in [2.45, 2.75) is 26.3 Å². The Bertz CT molecular complexity index is 760. The number of amides is 1. The minimum Gasteiger partial charge on any atom is -0.489 e. The standard InChI is InChI=1S/C19H21NO4S2/c1-4-10-24-14-9-7-6-8-13(14)11-15-17(21)20(19(25)26-15)16(18(22)23)12(3)5-2/h4,6-9,11-12,16H,1,5,10H2,2-3H3,(H,22,23)/b15-11-/t12-,16+/m1/s1. The summed E-state index contributed by atoms with van der Waals surface area (Å²) in [4.78, 5) is 26.2. The molecule has 138 valence electrons. The number of thioether (sulfide) groups is 1. The molecule has 26 heavy (non-hydrogen) atoms. The van der Waals surface area contributed by atoms with Gasteiger partial charge in [0.15, 0.2) is 0 Å². The number of aliphatic carboxylic acids is 1. The van der Waals surface area contributed by atoms with Gasteiger partial charge in [0.05, 0.1) is 4.91 Å². The van der Waals surface area contributed by atoms with Crippen LogP contribution in [0.15, 0.2) is 41.8 Å². The zero-order valence-electron chi connectivity index (χ0n) is 14.7.